The molecule has 7 nitrogen and oxygen atoms in total. The first-order chi connectivity index (χ1) is 11.9. The van der Waals surface area contributed by atoms with Crippen molar-refractivity contribution in [3.63, 3.8) is 0 Å². The third kappa shape index (κ3) is 3.89. The number of hydrogen-bond acceptors (Lipinski definition) is 6. The van der Waals surface area contributed by atoms with Crippen LogP contribution < -0.4 is 5.32 Å². The molecule has 1 aromatic carbocycles. The zero-order valence-corrected chi connectivity index (χ0v) is 14.6. The predicted octanol–water partition coefficient (Wildman–Crippen LogP) is 4.34. The molecule has 1 aromatic heterocycles. The molecular formula is C16H13Cl2N3O4. The van der Waals surface area contributed by atoms with Crippen molar-refractivity contribution in [2.24, 2.45) is 0 Å². The van der Waals surface area contributed by atoms with Crippen molar-refractivity contribution in [3.05, 3.63) is 68.0 Å². The van der Waals surface area contributed by atoms with Crippen LogP contribution in [0.1, 0.15) is 21.6 Å². The number of aromatic nitrogens is 1. The van der Waals surface area contributed by atoms with E-state index in [1.54, 1.807) is 18.2 Å². The number of nitro benzene ring substituents is 1. The van der Waals surface area contributed by atoms with Crippen LogP contribution in [0.5, 0.6) is 0 Å². The molecule has 0 aliphatic rings. The van der Waals surface area contributed by atoms with Crippen molar-refractivity contribution < 1.29 is 14.5 Å². The van der Waals surface area contributed by atoms with E-state index in [4.69, 9.17) is 23.2 Å². The van der Waals surface area contributed by atoms with Crippen LogP contribution >= 0.6 is 23.2 Å². The van der Waals surface area contributed by atoms with Crippen LogP contribution in [0.15, 0.2) is 30.8 Å². The highest BCUT2D eigenvalue weighted by Crippen LogP contribution is 2.35. The molecule has 9 heteroatoms. The summed E-state index contributed by atoms with van der Waals surface area (Å²) < 4.78 is 4.67. The number of halogens is 2. The number of anilines is 1. The van der Waals surface area contributed by atoms with Crippen LogP contribution in [0, 0.1) is 10.1 Å². The van der Waals surface area contributed by atoms with Gasteiger partial charge in [0, 0.05) is 23.7 Å². The van der Waals surface area contributed by atoms with Crippen molar-refractivity contribution in [3.8, 4) is 0 Å². The van der Waals surface area contributed by atoms with E-state index in [-0.39, 0.29) is 33.8 Å². The van der Waals surface area contributed by atoms with E-state index in [0.29, 0.717) is 11.1 Å². The van der Waals surface area contributed by atoms with Gasteiger partial charge in [0.15, 0.2) is 10.8 Å². The summed E-state index contributed by atoms with van der Waals surface area (Å²) in [6.45, 7) is 3.72. The molecule has 130 valence electrons. The number of benzene rings is 1. The molecule has 0 radical (unpaired) electrons. The van der Waals surface area contributed by atoms with Crippen molar-refractivity contribution in [1.82, 2.24) is 4.98 Å². The van der Waals surface area contributed by atoms with Gasteiger partial charge in [-0.3, -0.25) is 10.1 Å². The first-order valence-corrected chi connectivity index (χ1v) is 7.72. The number of nitrogens with one attached hydrogen (secondary N) is 1. The van der Waals surface area contributed by atoms with E-state index in [1.165, 1.54) is 19.3 Å². The Labute approximate surface area is 153 Å². The van der Waals surface area contributed by atoms with Gasteiger partial charge in [-0.25, -0.2) is 9.78 Å². The number of carbonyl (C=O) groups excluding carboxylic acids is 1. The summed E-state index contributed by atoms with van der Waals surface area (Å²) >= 11 is 12.2. The van der Waals surface area contributed by atoms with Gasteiger partial charge in [0.25, 0.3) is 5.69 Å². The molecule has 0 unspecified atom stereocenters. The number of methoxy groups -OCH3 is 1. The molecule has 0 aliphatic heterocycles. The molecule has 2 aromatic rings. The van der Waals surface area contributed by atoms with Gasteiger partial charge in [-0.15, -0.1) is 0 Å². The lowest BCUT2D eigenvalue weighted by molar-refractivity contribution is -0.385. The summed E-state index contributed by atoms with van der Waals surface area (Å²) in [6.07, 6.45) is 1.38. The number of pyridine rings is 1. The minimum atomic E-state index is -0.706. The fraction of sp³-hybridized carbons (Fsp3) is 0.125. The minimum absolute atomic E-state index is 0.0420. The third-order valence-electron chi connectivity index (χ3n) is 3.36. The fourth-order valence-corrected chi connectivity index (χ4v) is 2.58. The van der Waals surface area contributed by atoms with Gasteiger partial charge >= 0.3 is 5.97 Å². The average molecular weight is 382 g/mol. The summed E-state index contributed by atoms with van der Waals surface area (Å²) in [5.74, 6) is -0.706. The van der Waals surface area contributed by atoms with E-state index in [9.17, 15) is 14.9 Å². The Morgan fingerprint density at radius 1 is 1.44 bits per heavy atom. The van der Waals surface area contributed by atoms with E-state index in [2.05, 4.69) is 21.6 Å². The highest BCUT2D eigenvalue weighted by molar-refractivity contribution is 6.43. The molecular weight excluding hydrogens is 369 g/mol. The zero-order valence-electron chi connectivity index (χ0n) is 13.1. The molecule has 0 bridgehead atoms. The highest BCUT2D eigenvalue weighted by Gasteiger charge is 2.22. The van der Waals surface area contributed by atoms with Gasteiger partial charge in [-0.1, -0.05) is 54.1 Å². The maximum Gasteiger partial charge on any atom is 0.357 e. The van der Waals surface area contributed by atoms with Crippen LogP contribution in [0.25, 0.3) is 6.08 Å². The van der Waals surface area contributed by atoms with Crippen LogP contribution in [0.2, 0.25) is 10.2 Å². The fourth-order valence-electron chi connectivity index (χ4n) is 2.19. The lowest BCUT2D eigenvalue weighted by atomic mass is 10.1. The Balaban J connectivity index is 2.46. The van der Waals surface area contributed by atoms with Crippen LogP contribution in [0.3, 0.4) is 0 Å². The standard InChI is InChI=1S/C16H13Cl2N3O4/c1-3-10-13(12(17)15(18)20-14(10)16(22)25-2)19-8-9-6-4-5-7-11(9)21(23)24/h3-7H,1,8H2,2H3,(H,19,20). The summed E-state index contributed by atoms with van der Waals surface area (Å²) in [7, 11) is 1.21. The van der Waals surface area contributed by atoms with Gasteiger partial charge in [0.1, 0.15) is 5.02 Å². The molecule has 2 rings (SSSR count). The summed E-state index contributed by atoms with van der Waals surface area (Å²) in [5, 5.41) is 14.0. The normalized spacial score (nSPS) is 10.2. The van der Waals surface area contributed by atoms with Crippen molar-refractivity contribution in [2.45, 2.75) is 6.54 Å². The second-order valence-electron chi connectivity index (χ2n) is 4.79. The van der Waals surface area contributed by atoms with Crippen molar-refractivity contribution in [2.75, 3.05) is 12.4 Å². The van der Waals surface area contributed by atoms with Crippen molar-refractivity contribution in [1.29, 1.82) is 0 Å². The van der Waals surface area contributed by atoms with E-state index >= 15 is 0 Å². The number of nitro groups is 1. The quantitative estimate of drug-likeness (QED) is 0.346. The SMILES string of the molecule is C=Cc1c(C(=O)OC)nc(Cl)c(Cl)c1NCc1ccccc1[N+](=O)[O-]. The molecule has 1 N–H and O–H groups in total. The Morgan fingerprint density at radius 3 is 2.72 bits per heavy atom. The van der Waals surface area contributed by atoms with Gasteiger partial charge in [0.05, 0.1) is 17.7 Å². The van der Waals surface area contributed by atoms with Gasteiger partial charge in [-0.05, 0) is 0 Å². The molecule has 0 saturated carbocycles. The second-order valence-corrected chi connectivity index (χ2v) is 5.52. The topological polar surface area (TPSA) is 94.4 Å². The lowest BCUT2D eigenvalue weighted by Crippen LogP contribution is -2.12. The lowest BCUT2D eigenvalue weighted by Gasteiger charge is -2.15. The summed E-state index contributed by atoms with van der Waals surface area (Å²) in [6, 6.07) is 6.25. The van der Waals surface area contributed by atoms with Gasteiger partial charge < -0.3 is 10.1 Å². The summed E-state index contributed by atoms with van der Waals surface area (Å²) in [5.41, 5.74) is 0.915. The Kier molecular flexibility index (Phi) is 5.95. The number of ether oxygens (including phenoxy) is 1. The number of esters is 1. The first-order valence-electron chi connectivity index (χ1n) is 6.96. The minimum Gasteiger partial charge on any atom is -0.464 e. The number of rotatable bonds is 6. The Morgan fingerprint density at radius 2 is 2.12 bits per heavy atom. The van der Waals surface area contributed by atoms with Crippen LogP contribution in [-0.2, 0) is 11.3 Å². The number of para-hydroxylation sites is 1. The van der Waals surface area contributed by atoms with E-state index in [1.807, 2.05) is 0 Å². The molecule has 0 atom stereocenters. The number of nitrogens with zero attached hydrogens (tertiary/aromatic N) is 2. The maximum absolute atomic E-state index is 11.9. The first kappa shape index (κ1) is 18.7. The molecule has 0 spiro atoms. The third-order valence-corrected chi connectivity index (χ3v) is 4.10. The number of hydrogen-bond donors (Lipinski definition) is 1. The van der Waals surface area contributed by atoms with Crippen LogP contribution in [-0.4, -0.2) is 23.0 Å². The smallest absolute Gasteiger partial charge is 0.357 e. The average Bonchev–Trinajstić information content (AvgIpc) is 2.61. The Bertz CT molecular complexity index is 856. The van der Waals surface area contributed by atoms with Gasteiger partial charge in [0.2, 0.25) is 0 Å². The molecule has 0 fully saturated rings. The molecule has 0 amide bonds. The Hall–Kier alpha value is -2.64. The number of carbonyl (C=O) groups is 1. The molecule has 0 saturated heterocycles. The summed E-state index contributed by atoms with van der Waals surface area (Å²) in [4.78, 5) is 26.4. The maximum atomic E-state index is 11.9. The monoisotopic (exact) mass is 381 g/mol. The van der Waals surface area contributed by atoms with Crippen LogP contribution in [0.4, 0.5) is 11.4 Å². The molecule has 25 heavy (non-hydrogen) atoms. The predicted molar refractivity (Wildman–Crippen MR) is 96.1 cm³/mol. The highest BCUT2D eigenvalue weighted by atomic mass is 35.5. The zero-order chi connectivity index (χ0) is 18.6. The largest absolute Gasteiger partial charge is 0.464 e. The van der Waals surface area contributed by atoms with E-state index < -0.39 is 10.9 Å². The molecule has 1 heterocycles. The van der Waals surface area contributed by atoms with E-state index in [0.717, 1.165) is 0 Å². The second kappa shape index (κ2) is 7.96. The molecule has 0 aliphatic carbocycles. The van der Waals surface area contributed by atoms with Crippen molar-refractivity contribution >= 4 is 46.6 Å². The van der Waals surface area contributed by atoms with Gasteiger partial charge in [-0.2, -0.15) is 0 Å².